The summed E-state index contributed by atoms with van der Waals surface area (Å²) in [5.41, 5.74) is 4.34. The van der Waals surface area contributed by atoms with E-state index in [2.05, 4.69) is 17.9 Å². The molecule has 0 saturated heterocycles. The zero-order valence-corrected chi connectivity index (χ0v) is 12.5. The Balaban J connectivity index is 2.30. The number of halogens is 1. The molecule has 2 rings (SSSR count). The summed E-state index contributed by atoms with van der Waals surface area (Å²) in [4.78, 5) is 12.4. The second kappa shape index (κ2) is 5.67. The Morgan fingerprint density at radius 3 is 2.25 bits per heavy atom. The molecule has 0 aromatic heterocycles. The number of hydrogen-bond donors (Lipinski definition) is 2. The van der Waals surface area contributed by atoms with Crippen molar-refractivity contribution < 1.29 is 9.18 Å². The van der Waals surface area contributed by atoms with Gasteiger partial charge in [0.1, 0.15) is 5.82 Å². The van der Waals surface area contributed by atoms with E-state index in [1.807, 2.05) is 32.9 Å². The van der Waals surface area contributed by atoms with Crippen molar-refractivity contribution in [2.45, 2.75) is 25.7 Å². The first-order valence-corrected chi connectivity index (χ1v) is 6.71. The van der Waals surface area contributed by atoms with Crippen molar-refractivity contribution in [3.8, 4) is 0 Å². The molecule has 104 valence electrons. The molecule has 0 spiro atoms. The van der Waals surface area contributed by atoms with Crippen LogP contribution in [-0.4, -0.2) is 5.91 Å². The molecule has 4 heteroatoms. The van der Waals surface area contributed by atoms with Crippen LogP contribution >= 0.6 is 12.6 Å². The number of nitrogens with one attached hydrogen (secondary N) is 1. The highest BCUT2D eigenvalue weighted by Crippen LogP contribution is 2.23. The van der Waals surface area contributed by atoms with Crippen molar-refractivity contribution in [3.05, 3.63) is 58.4 Å². The van der Waals surface area contributed by atoms with Gasteiger partial charge in [0, 0.05) is 16.1 Å². The molecule has 0 fully saturated rings. The number of amides is 1. The van der Waals surface area contributed by atoms with Gasteiger partial charge in [0.25, 0.3) is 5.91 Å². The second-order valence-corrected chi connectivity index (χ2v) is 5.38. The molecule has 1 N–H and O–H groups in total. The number of rotatable bonds is 2. The molecule has 0 atom stereocenters. The average Bonchev–Trinajstić information content (AvgIpc) is 2.36. The monoisotopic (exact) mass is 289 g/mol. The molecule has 20 heavy (non-hydrogen) atoms. The van der Waals surface area contributed by atoms with Gasteiger partial charge in [-0.25, -0.2) is 4.39 Å². The maximum Gasteiger partial charge on any atom is 0.255 e. The smallest absolute Gasteiger partial charge is 0.255 e. The summed E-state index contributed by atoms with van der Waals surface area (Å²) >= 11 is 3.99. The number of thiol groups is 1. The number of carbonyl (C=O) groups excluding carboxylic acids is 1. The average molecular weight is 289 g/mol. The fraction of sp³-hybridized carbons (Fsp3) is 0.188. The van der Waals surface area contributed by atoms with E-state index in [-0.39, 0.29) is 10.8 Å². The fourth-order valence-electron chi connectivity index (χ4n) is 2.22. The van der Waals surface area contributed by atoms with Crippen molar-refractivity contribution >= 4 is 24.2 Å². The Bertz CT molecular complexity index is 659. The first kappa shape index (κ1) is 14.6. The molecule has 0 aliphatic heterocycles. The molecule has 0 heterocycles. The van der Waals surface area contributed by atoms with Gasteiger partial charge < -0.3 is 5.32 Å². The molecule has 2 aromatic rings. The molecule has 1 amide bonds. The van der Waals surface area contributed by atoms with Crippen LogP contribution in [0.15, 0.2) is 35.2 Å². The van der Waals surface area contributed by atoms with Crippen LogP contribution < -0.4 is 5.32 Å². The molecule has 2 nitrogen and oxygen atoms in total. The predicted octanol–water partition coefficient (Wildman–Crippen LogP) is 4.29. The summed E-state index contributed by atoms with van der Waals surface area (Å²) in [6, 6.07) is 8.14. The lowest BCUT2D eigenvalue weighted by atomic mass is 10.0. The van der Waals surface area contributed by atoms with Crippen molar-refractivity contribution in [3.63, 3.8) is 0 Å². The van der Waals surface area contributed by atoms with E-state index in [9.17, 15) is 9.18 Å². The minimum Gasteiger partial charge on any atom is -0.322 e. The first-order valence-electron chi connectivity index (χ1n) is 6.26. The van der Waals surface area contributed by atoms with Gasteiger partial charge in [-0.3, -0.25) is 4.79 Å². The Morgan fingerprint density at radius 1 is 1.10 bits per heavy atom. The summed E-state index contributed by atoms with van der Waals surface area (Å²) in [6.45, 7) is 5.91. The molecule has 0 aliphatic carbocycles. The molecular weight excluding hydrogens is 273 g/mol. The zero-order valence-electron chi connectivity index (χ0n) is 11.6. The van der Waals surface area contributed by atoms with E-state index in [0.717, 1.165) is 22.4 Å². The lowest BCUT2D eigenvalue weighted by Crippen LogP contribution is -2.14. The SMILES string of the molecule is Cc1cc(C)c(NC(=O)c2ccc(F)c(S)c2)c(C)c1. The van der Waals surface area contributed by atoms with Crippen molar-refractivity contribution in [1.82, 2.24) is 0 Å². The number of carbonyl (C=O) groups is 1. The number of benzene rings is 2. The van der Waals surface area contributed by atoms with E-state index < -0.39 is 5.82 Å². The first-order chi connectivity index (χ1) is 9.38. The quantitative estimate of drug-likeness (QED) is 0.793. The molecule has 0 unspecified atom stereocenters. The Labute approximate surface area is 123 Å². The van der Waals surface area contributed by atoms with Gasteiger partial charge in [-0.15, -0.1) is 12.6 Å². The third-order valence-electron chi connectivity index (χ3n) is 3.12. The summed E-state index contributed by atoms with van der Waals surface area (Å²) < 4.78 is 13.2. The molecular formula is C16H16FNOS. The lowest BCUT2D eigenvalue weighted by molar-refractivity contribution is 0.102. The summed E-state index contributed by atoms with van der Waals surface area (Å²) in [5.74, 6) is -0.706. The molecule has 0 bridgehead atoms. The normalized spacial score (nSPS) is 10.4. The fourth-order valence-corrected chi connectivity index (χ4v) is 2.43. The topological polar surface area (TPSA) is 29.1 Å². The van der Waals surface area contributed by atoms with E-state index in [0.29, 0.717) is 5.56 Å². The Kier molecular flexibility index (Phi) is 4.14. The van der Waals surface area contributed by atoms with Crippen molar-refractivity contribution in [2.75, 3.05) is 5.32 Å². The summed E-state index contributed by atoms with van der Waals surface area (Å²) in [7, 11) is 0. The minimum atomic E-state index is -0.437. The second-order valence-electron chi connectivity index (χ2n) is 4.89. The number of aryl methyl sites for hydroxylation is 3. The Morgan fingerprint density at radius 2 is 1.70 bits per heavy atom. The zero-order chi connectivity index (χ0) is 14.9. The maximum absolute atomic E-state index is 13.2. The van der Waals surface area contributed by atoms with Crippen LogP contribution in [-0.2, 0) is 0 Å². The molecule has 2 aromatic carbocycles. The van der Waals surface area contributed by atoms with Gasteiger partial charge in [-0.1, -0.05) is 17.7 Å². The van der Waals surface area contributed by atoms with Crippen LogP contribution in [0.1, 0.15) is 27.0 Å². The van der Waals surface area contributed by atoms with Crippen LogP contribution in [0.2, 0.25) is 0 Å². The van der Waals surface area contributed by atoms with Gasteiger partial charge in [0.2, 0.25) is 0 Å². The van der Waals surface area contributed by atoms with Gasteiger partial charge in [-0.05, 0) is 50.1 Å². The van der Waals surface area contributed by atoms with Gasteiger partial charge in [0.15, 0.2) is 0 Å². The van der Waals surface area contributed by atoms with E-state index in [1.54, 1.807) is 0 Å². The van der Waals surface area contributed by atoms with Crippen LogP contribution in [0, 0.1) is 26.6 Å². The Hall–Kier alpha value is -1.81. The van der Waals surface area contributed by atoms with Crippen molar-refractivity contribution in [1.29, 1.82) is 0 Å². The predicted molar refractivity (Wildman–Crippen MR) is 82.3 cm³/mol. The van der Waals surface area contributed by atoms with Gasteiger partial charge in [-0.2, -0.15) is 0 Å². The minimum absolute atomic E-state index is 0.162. The maximum atomic E-state index is 13.2. The van der Waals surface area contributed by atoms with E-state index in [4.69, 9.17) is 0 Å². The van der Waals surface area contributed by atoms with Crippen LogP contribution in [0.5, 0.6) is 0 Å². The van der Waals surface area contributed by atoms with E-state index in [1.165, 1.54) is 18.2 Å². The highest BCUT2D eigenvalue weighted by Gasteiger charge is 2.11. The number of anilines is 1. The van der Waals surface area contributed by atoms with Crippen LogP contribution in [0.25, 0.3) is 0 Å². The molecule has 0 saturated carbocycles. The van der Waals surface area contributed by atoms with Gasteiger partial charge in [0.05, 0.1) is 0 Å². The standard InChI is InChI=1S/C16H16FNOS/c1-9-6-10(2)15(11(3)7-9)18-16(19)12-4-5-13(17)14(20)8-12/h4-8,20H,1-3H3,(H,18,19). The van der Waals surface area contributed by atoms with Crippen molar-refractivity contribution in [2.24, 2.45) is 0 Å². The molecule has 0 aliphatic rings. The van der Waals surface area contributed by atoms with Crippen LogP contribution in [0.4, 0.5) is 10.1 Å². The van der Waals surface area contributed by atoms with E-state index >= 15 is 0 Å². The summed E-state index contributed by atoms with van der Waals surface area (Å²) in [6.07, 6.45) is 0. The molecule has 0 radical (unpaired) electrons. The summed E-state index contributed by atoms with van der Waals surface area (Å²) in [5, 5.41) is 2.87. The highest BCUT2D eigenvalue weighted by atomic mass is 32.1. The lowest BCUT2D eigenvalue weighted by Gasteiger charge is -2.13. The largest absolute Gasteiger partial charge is 0.322 e. The van der Waals surface area contributed by atoms with Gasteiger partial charge >= 0.3 is 0 Å². The highest BCUT2D eigenvalue weighted by molar-refractivity contribution is 7.80. The third-order valence-corrected chi connectivity index (χ3v) is 3.47. The van der Waals surface area contributed by atoms with Crippen LogP contribution in [0.3, 0.4) is 0 Å². The number of hydrogen-bond acceptors (Lipinski definition) is 2. The third kappa shape index (κ3) is 3.02.